The van der Waals surface area contributed by atoms with Crippen LogP contribution in [-0.4, -0.2) is 34.4 Å². The number of amides is 2. The largest absolute Gasteiger partial charge is 0.353 e. The number of aromatic nitrogens is 1. The van der Waals surface area contributed by atoms with Gasteiger partial charge < -0.3 is 15.2 Å². The zero-order valence-corrected chi connectivity index (χ0v) is 18.1. The highest BCUT2D eigenvalue weighted by atomic mass is 19.1. The van der Waals surface area contributed by atoms with Crippen molar-refractivity contribution in [3.8, 4) is 0 Å². The van der Waals surface area contributed by atoms with Gasteiger partial charge in [0.2, 0.25) is 0 Å². The summed E-state index contributed by atoms with van der Waals surface area (Å²) in [5.41, 5.74) is 4.46. The van der Waals surface area contributed by atoms with Gasteiger partial charge in [0, 0.05) is 45.1 Å². The standard InChI is InChI=1S/C25H27FN4O2/c1-29-13-4-7-22(29)23(30-14-12-19-5-2-3-6-20(19)17-30)16-28-25(32)24(31)27-15-18-8-10-21(26)11-9-18/h2-11,13,23H,12,14-17H2,1H3,(H,27,31)(H,28,32)/t23-/m0/s1. The van der Waals surface area contributed by atoms with Gasteiger partial charge in [0.15, 0.2) is 0 Å². The van der Waals surface area contributed by atoms with E-state index in [1.165, 1.54) is 23.3 Å². The van der Waals surface area contributed by atoms with E-state index >= 15 is 0 Å². The van der Waals surface area contributed by atoms with Crippen LogP contribution in [-0.2, 0) is 36.1 Å². The Labute approximate surface area is 187 Å². The lowest BCUT2D eigenvalue weighted by Crippen LogP contribution is -2.45. The SMILES string of the molecule is Cn1cccc1[C@H](CNC(=O)C(=O)NCc1ccc(F)cc1)N1CCc2ccccc2C1. The van der Waals surface area contributed by atoms with Crippen LogP contribution in [0, 0.1) is 5.82 Å². The molecule has 2 N–H and O–H groups in total. The average Bonchev–Trinajstić information content (AvgIpc) is 3.24. The van der Waals surface area contributed by atoms with E-state index in [9.17, 15) is 14.0 Å². The molecule has 7 heteroatoms. The number of halogens is 1. The molecule has 0 bridgehead atoms. The molecule has 0 spiro atoms. The molecule has 0 saturated carbocycles. The second-order valence-electron chi connectivity index (χ2n) is 8.07. The van der Waals surface area contributed by atoms with E-state index in [1.807, 2.05) is 36.0 Å². The minimum atomic E-state index is -0.705. The molecule has 166 valence electrons. The molecule has 1 aliphatic rings. The molecule has 6 nitrogen and oxygen atoms in total. The van der Waals surface area contributed by atoms with Gasteiger partial charge in [-0.2, -0.15) is 0 Å². The van der Waals surface area contributed by atoms with E-state index in [-0.39, 0.29) is 18.4 Å². The molecule has 1 aromatic heterocycles. The fourth-order valence-electron chi connectivity index (χ4n) is 4.16. The molecule has 0 saturated heterocycles. The van der Waals surface area contributed by atoms with Crippen molar-refractivity contribution >= 4 is 11.8 Å². The molecule has 1 aliphatic heterocycles. The second kappa shape index (κ2) is 9.78. The minimum absolute atomic E-state index is 0.0581. The molecular formula is C25H27FN4O2. The number of nitrogens with one attached hydrogen (secondary N) is 2. The maximum atomic E-state index is 13.0. The Morgan fingerprint density at radius 3 is 2.41 bits per heavy atom. The number of rotatable bonds is 6. The smallest absolute Gasteiger partial charge is 0.309 e. The summed E-state index contributed by atoms with van der Waals surface area (Å²) in [6.07, 6.45) is 2.93. The minimum Gasteiger partial charge on any atom is -0.353 e. The third-order valence-corrected chi connectivity index (χ3v) is 5.95. The lowest BCUT2D eigenvalue weighted by Gasteiger charge is -2.36. The Kier molecular flexibility index (Phi) is 6.66. The van der Waals surface area contributed by atoms with Crippen molar-refractivity contribution in [2.24, 2.45) is 7.05 Å². The molecule has 1 atom stereocenters. The Bertz CT molecular complexity index is 1090. The van der Waals surface area contributed by atoms with Crippen LogP contribution in [0.5, 0.6) is 0 Å². The van der Waals surface area contributed by atoms with E-state index in [0.29, 0.717) is 6.54 Å². The number of aryl methyl sites for hydroxylation is 1. The van der Waals surface area contributed by atoms with E-state index in [4.69, 9.17) is 0 Å². The molecule has 3 aromatic rings. The fraction of sp³-hybridized carbons (Fsp3) is 0.280. The summed E-state index contributed by atoms with van der Waals surface area (Å²) in [6, 6.07) is 18.2. The summed E-state index contributed by atoms with van der Waals surface area (Å²) in [6.45, 7) is 2.15. The molecule has 0 radical (unpaired) electrons. The second-order valence-corrected chi connectivity index (χ2v) is 8.07. The monoisotopic (exact) mass is 434 g/mol. The number of hydrogen-bond acceptors (Lipinski definition) is 3. The zero-order chi connectivity index (χ0) is 22.5. The summed E-state index contributed by atoms with van der Waals surface area (Å²) in [5.74, 6) is -1.72. The van der Waals surface area contributed by atoms with Crippen LogP contribution < -0.4 is 10.6 Å². The van der Waals surface area contributed by atoms with Gasteiger partial charge in [-0.05, 0) is 47.4 Å². The Morgan fingerprint density at radius 1 is 0.969 bits per heavy atom. The van der Waals surface area contributed by atoms with Crippen LogP contribution in [0.1, 0.15) is 28.4 Å². The number of benzene rings is 2. The summed E-state index contributed by atoms with van der Waals surface area (Å²) in [7, 11) is 1.98. The summed E-state index contributed by atoms with van der Waals surface area (Å²) in [4.78, 5) is 27.1. The van der Waals surface area contributed by atoms with Crippen molar-refractivity contribution in [1.29, 1.82) is 0 Å². The Balaban J connectivity index is 1.39. The molecule has 0 fully saturated rings. The van der Waals surface area contributed by atoms with Crippen LogP contribution >= 0.6 is 0 Å². The number of hydrogen-bond donors (Lipinski definition) is 2. The third-order valence-electron chi connectivity index (χ3n) is 5.95. The zero-order valence-electron chi connectivity index (χ0n) is 18.1. The summed E-state index contributed by atoms with van der Waals surface area (Å²) >= 11 is 0. The van der Waals surface area contributed by atoms with Gasteiger partial charge in [-0.3, -0.25) is 14.5 Å². The first kappa shape index (κ1) is 21.8. The molecule has 4 rings (SSSR count). The highest BCUT2D eigenvalue weighted by molar-refractivity contribution is 6.35. The predicted octanol–water partition coefficient (Wildman–Crippen LogP) is 2.70. The number of carbonyl (C=O) groups is 2. The highest BCUT2D eigenvalue weighted by Crippen LogP contribution is 2.27. The summed E-state index contributed by atoms with van der Waals surface area (Å²) < 4.78 is 15.1. The van der Waals surface area contributed by atoms with Gasteiger partial charge in [0.25, 0.3) is 0 Å². The lowest BCUT2D eigenvalue weighted by molar-refractivity contribution is -0.139. The van der Waals surface area contributed by atoms with Crippen molar-refractivity contribution in [3.63, 3.8) is 0 Å². The first-order chi connectivity index (χ1) is 15.5. The van der Waals surface area contributed by atoms with Gasteiger partial charge in [-0.1, -0.05) is 36.4 Å². The number of nitrogens with zero attached hydrogens (tertiary/aromatic N) is 2. The maximum Gasteiger partial charge on any atom is 0.309 e. The molecule has 2 amide bonds. The van der Waals surface area contributed by atoms with Crippen molar-refractivity contribution < 1.29 is 14.0 Å². The summed E-state index contributed by atoms with van der Waals surface area (Å²) in [5, 5.41) is 5.39. The van der Waals surface area contributed by atoms with Crippen LogP contribution in [0.15, 0.2) is 66.9 Å². The molecule has 0 aliphatic carbocycles. The van der Waals surface area contributed by atoms with Gasteiger partial charge in [0.1, 0.15) is 5.82 Å². The van der Waals surface area contributed by atoms with Gasteiger partial charge in [0.05, 0.1) is 6.04 Å². The van der Waals surface area contributed by atoms with Crippen molar-refractivity contribution in [3.05, 3.63) is 95.1 Å². The van der Waals surface area contributed by atoms with Crippen LogP contribution in [0.3, 0.4) is 0 Å². The molecule has 0 unspecified atom stereocenters. The van der Waals surface area contributed by atoms with E-state index in [2.05, 4.69) is 33.7 Å². The Morgan fingerprint density at radius 2 is 1.69 bits per heavy atom. The normalized spacial score (nSPS) is 14.4. The van der Waals surface area contributed by atoms with E-state index in [0.717, 1.165) is 30.8 Å². The Hall–Kier alpha value is -3.45. The molecule has 32 heavy (non-hydrogen) atoms. The first-order valence-electron chi connectivity index (χ1n) is 10.7. The van der Waals surface area contributed by atoms with Crippen molar-refractivity contribution in [1.82, 2.24) is 20.1 Å². The highest BCUT2D eigenvalue weighted by Gasteiger charge is 2.27. The van der Waals surface area contributed by atoms with Crippen LogP contribution in [0.4, 0.5) is 4.39 Å². The first-order valence-corrected chi connectivity index (χ1v) is 10.7. The van der Waals surface area contributed by atoms with Crippen LogP contribution in [0.2, 0.25) is 0 Å². The molecule has 2 aromatic carbocycles. The molecule has 2 heterocycles. The fourth-order valence-corrected chi connectivity index (χ4v) is 4.16. The quantitative estimate of drug-likeness (QED) is 0.587. The van der Waals surface area contributed by atoms with E-state index < -0.39 is 11.8 Å². The maximum absolute atomic E-state index is 13.0. The molecular weight excluding hydrogens is 407 g/mol. The predicted molar refractivity (Wildman–Crippen MR) is 120 cm³/mol. The van der Waals surface area contributed by atoms with Crippen LogP contribution in [0.25, 0.3) is 0 Å². The third kappa shape index (κ3) is 5.06. The van der Waals surface area contributed by atoms with Gasteiger partial charge in [-0.25, -0.2) is 4.39 Å². The lowest BCUT2D eigenvalue weighted by atomic mass is 9.98. The topological polar surface area (TPSA) is 66.4 Å². The van der Waals surface area contributed by atoms with E-state index in [1.54, 1.807) is 12.1 Å². The van der Waals surface area contributed by atoms with Crippen molar-refractivity contribution in [2.75, 3.05) is 13.1 Å². The van der Waals surface area contributed by atoms with Gasteiger partial charge in [-0.15, -0.1) is 0 Å². The number of fused-ring (bicyclic) bond motifs is 1. The number of carbonyl (C=O) groups excluding carboxylic acids is 2. The average molecular weight is 435 g/mol. The van der Waals surface area contributed by atoms with Crippen molar-refractivity contribution in [2.45, 2.75) is 25.6 Å². The van der Waals surface area contributed by atoms with Gasteiger partial charge >= 0.3 is 11.8 Å².